The summed E-state index contributed by atoms with van der Waals surface area (Å²) in [6.45, 7) is 12.4. The lowest BCUT2D eigenvalue weighted by Crippen LogP contribution is -2.46. The largest absolute Gasteiger partial charge is 0.312 e. The van der Waals surface area contributed by atoms with Gasteiger partial charge in [-0.1, -0.05) is 34.1 Å². The molecular formula is C10H23N. The first-order valence-electron chi connectivity index (χ1n) is 4.81. The van der Waals surface area contributed by atoms with Gasteiger partial charge in [-0.25, -0.2) is 0 Å². The zero-order valence-corrected chi connectivity index (χ0v) is 8.70. The van der Waals surface area contributed by atoms with E-state index in [9.17, 15) is 0 Å². The lowest BCUT2D eigenvalue weighted by atomic mass is 9.84. The Morgan fingerprint density at radius 3 is 2.09 bits per heavy atom. The minimum Gasteiger partial charge on any atom is -0.312 e. The van der Waals surface area contributed by atoms with Gasteiger partial charge in [0.05, 0.1) is 0 Å². The molecule has 68 valence electrons. The highest BCUT2D eigenvalue weighted by Crippen LogP contribution is 2.21. The zero-order chi connectivity index (χ0) is 8.91. The van der Waals surface area contributed by atoms with Crippen molar-refractivity contribution in [2.45, 2.75) is 53.0 Å². The molecule has 0 amide bonds. The van der Waals surface area contributed by atoms with Gasteiger partial charge in [-0.2, -0.15) is 0 Å². The summed E-state index contributed by atoms with van der Waals surface area (Å²) in [5, 5.41) is 3.56. The van der Waals surface area contributed by atoms with Crippen LogP contribution in [0.15, 0.2) is 0 Å². The van der Waals surface area contributed by atoms with Crippen LogP contribution in [0.3, 0.4) is 0 Å². The van der Waals surface area contributed by atoms with Crippen LogP contribution in [0.5, 0.6) is 0 Å². The fourth-order valence-corrected chi connectivity index (χ4v) is 1.50. The summed E-state index contributed by atoms with van der Waals surface area (Å²) in [6, 6.07) is 0. The molecule has 0 aliphatic rings. The molecule has 1 unspecified atom stereocenters. The van der Waals surface area contributed by atoms with E-state index in [2.05, 4.69) is 39.9 Å². The summed E-state index contributed by atoms with van der Waals surface area (Å²) >= 11 is 0. The van der Waals surface area contributed by atoms with Crippen molar-refractivity contribution in [1.82, 2.24) is 5.32 Å². The van der Waals surface area contributed by atoms with Gasteiger partial charge in [-0.05, 0) is 25.8 Å². The Morgan fingerprint density at radius 1 is 1.27 bits per heavy atom. The van der Waals surface area contributed by atoms with E-state index in [1.807, 2.05) is 0 Å². The second-order valence-electron chi connectivity index (χ2n) is 3.85. The third kappa shape index (κ3) is 3.24. The van der Waals surface area contributed by atoms with Crippen molar-refractivity contribution < 1.29 is 0 Å². The third-order valence-electron chi connectivity index (χ3n) is 2.62. The smallest absolute Gasteiger partial charge is 0.0176 e. The van der Waals surface area contributed by atoms with E-state index in [0.29, 0.717) is 5.54 Å². The Hall–Kier alpha value is -0.0400. The molecule has 1 heteroatoms. The van der Waals surface area contributed by atoms with E-state index >= 15 is 0 Å². The quantitative estimate of drug-likeness (QED) is 0.647. The highest BCUT2D eigenvalue weighted by molar-refractivity contribution is 4.84. The highest BCUT2D eigenvalue weighted by atomic mass is 15.0. The van der Waals surface area contributed by atoms with Gasteiger partial charge >= 0.3 is 0 Å². The van der Waals surface area contributed by atoms with Gasteiger partial charge in [0.25, 0.3) is 0 Å². The Bertz CT molecular complexity index is 91.0. The van der Waals surface area contributed by atoms with Gasteiger partial charge < -0.3 is 5.32 Å². The average Bonchev–Trinajstić information content (AvgIpc) is 1.88. The number of hydrogen-bond donors (Lipinski definition) is 1. The molecular weight excluding hydrogens is 134 g/mol. The van der Waals surface area contributed by atoms with Gasteiger partial charge in [0.15, 0.2) is 0 Å². The summed E-state index contributed by atoms with van der Waals surface area (Å²) in [5.74, 6) is 0.724. The van der Waals surface area contributed by atoms with E-state index in [4.69, 9.17) is 0 Å². The zero-order valence-electron chi connectivity index (χ0n) is 8.70. The van der Waals surface area contributed by atoms with Crippen molar-refractivity contribution in [3.05, 3.63) is 0 Å². The van der Waals surface area contributed by atoms with Crippen molar-refractivity contribution >= 4 is 0 Å². The van der Waals surface area contributed by atoms with E-state index in [0.717, 1.165) is 12.5 Å². The molecule has 0 aromatic heterocycles. The Labute approximate surface area is 71.6 Å². The van der Waals surface area contributed by atoms with Crippen molar-refractivity contribution in [2.24, 2.45) is 5.92 Å². The number of hydrogen-bond acceptors (Lipinski definition) is 1. The average molecular weight is 157 g/mol. The molecule has 0 fully saturated rings. The van der Waals surface area contributed by atoms with Gasteiger partial charge in [-0.3, -0.25) is 0 Å². The minimum absolute atomic E-state index is 0.351. The van der Waals surface area contributed by atoms with Crippen LogP contribution in [-0.2, 0) is 0 Å². The topological polar surface area (TPSA) is 12.0 Å². The monoisotopic (exact) mass is 157 g/mol. The van der Waals surface area contributed by atoms with Crippen molar-refractivity contribution in [2.75, 3.05) is 6.54 Å². The summed E-state index contributed by atoms with van der Waals surface area (Å²) in [4.78, 5) is 0. The molecule has 0 heterocycles. The summed E-state index contributed by atoms with van der Waals surface area (Å²) in [5.41, 5.74) is 0.351. The molecule has 0 aliphatic heterocycles. The normalized spacial score (nSPS) is 16.9. The molecule has 0 rings (SSSR count). The number of nitrogens with one attached hydrogen (secondary N) is 1. The van der Waals surface area contributed by atoms with Crippen LogP contribution in [0.4, 0.5) is 0 Å². The summed E-state index contributed by atoms with van der Waals surface area (Å²) < 4.78 is 0. The van der Waals surface area contributed by atoms with Crippen LogP contribution in [0, 0.1) is 5.92 Å². The molecule has 1 atom stereocenters. The lowest BCUT2D eigenvalue weighted by molar-refractivity contribution is 0.245. The summed E-state index contributed by atoms with van der Waals surface area (Å²) in [6.07, 6.45) is 2.54. The maximum absolute atomic E-state index is 3.56. The molecule has 0 aliphatic carbocycles. The number of rotatable bonds is 5. The fraction of sp³-hybridized carbons (Fsp3) is 1.00. The van der Waals surface area contributed by atoms with Crippen LogP contribution >= 0.6 is 0 Å². The van der Waals surface area contributed by atoms with Gasteiger partial charge in [0.2, 0.25) is 0 Å². The van der Waals surface area contributed by atoms with Gasteiger partial charge in [0.1, 0.15) is 0 Å². The molecule has 0 bridgehead atoms. The molecule has 1 nitrogen and oxygen atoms in total. The molecule has 0 saturated carbocycles. The first-order valence-corrected chi connectivity index (χ1v) is 4.81. The highest BCUT2D eigenvalue weighted by Gasteiger charge is 2.25. The Morgan fingerprint density at radius 2 is 1.82 bits per heavy atom. The third-order valence-corrected chi connectivity index (χ3v) is 2.62. The predicted octanol–water partition coefficient (Wildman–Crippen LogP) is 2.81. The van der Waals surface area contributed by atoms with Crippen molar-refractivity contribution in [1.29, 1.82) is 0 Å². The van der Waals surface area contributed by atoms with E-state index < -0.39 is 0 Å². The van der Waals surface area contributed by atoms with Crippen LogP contribution < -0.4 is 5.32 Å². The molecule has 0 radical (unpaired) electrons. The van der Waals surface area contributed by atoms with Crippen LogP contribution in [0.1, 0.15) is 47.5 Å². The van der Waals surface area contributed by atoms with Crippen LogP contribution in [0.25, 0.3) is 0 Å². The van der Waals surface area contributed by atoms with Crippen LogP contribution in [0.2, 0.25) is 0 Å². The van der Waals surface area contributed by atoms with E-state index in [1.165, 1.54) is 12.8 Å². The molecule has 0 aromatic rings. The van der Waals surface area contributed by atoms with Crippen molar-refractivity contribution in [3.63, 3.8) is 0 Å². The van der Waals surface area contributed by atoms with Crippen molar-refractivity contribution in [3.8, 4) is 0 Å². The van der Waals surface area contributed by atoms with E-state index in [1.54, 1.807) is 0 Å². The lowest BCUT2D eigenvalue weighted by Gasteiger charge is -2.34. The molecule has 0 saturated heterocycles. The van der Waals surface area contributed by atoms with Gasteiger partial charge in [0, 0.05) is 5.54 Å². The Balaban J connectivity index is 4.01. The molecule has 0 spiro atoms. The first kappa shape index (κ1) is 11.0. The second kappa shape index (κ2) is 4.76. The molecule has 11 heavy (non-hydrogen) atoms. The minimum atomic E-state index is 0.351. The first-order chi connectivity index (χ1) is 5.06. The standard InChI is InChI=1S/C10H23N/c1-6-8-10(5,9(3)4)11-7-2/h9,11H,6-8H2,1-5H3. The van der Waals surface area contributed by atoms with Gasteiger partial charge in [-0.15, -0.1) is 0 Å². The maximum atomic E-state index is 3.56. The van der Waals surface area contributed by atoms with E-state index in [-0.39, 0.29) is 0 Å². The second-order valence-corrected chi connectivity index (χ2v) is 3.85. The fourth-order valence-electron chi connectivity index (χ4n) is 1.50. The maximum Gasteiger partial charge on any atom is 0.0176 e. The summed E-state index contributed by atoms with van der Waals surface area (Å²) in [7, 11) is 0. The molecule has 1 N–H and O–H groups in total. The molecule has 0 aromatic carbocycles. The predicted molar refractivity (Wildman–Crippen MR) is 51.8 cm³/mol. The SMILES string of the molecule is CCCC(C)(NCC)C(C)C. The Kier molecular flexibility index (Phi) is 4.74. The van der Waals surface area contributed by atoms with Crippen LogP contribution in [-0.4, -0.2) is 12.1 Å².